The van der Waals surface area contributed by atoms with Gasteiger partial charge in [-0.25, -0.2) is 0 Å². The van der Waals surface area contributed by atoms with E-state index in [1.165, 1.54) is 19.1 Å². The molecule has 0 bridgehead atoms. The van der Waals surface area contributed by atoms with Gasteiger partial charge in [0.05, 0.1) is 7.11 Å². The van der Waals surface area contributed by atoms with E-state index in [1.54, 1.807) is 29.2 Å². The van der Waals surface area contributed by atoms with Gasteiger partial charge < -0.3 is 14.6 Å². The van der Waals surface area contributed by atoms with Gasteiger partial charge in [0.1, 0.15) is 17.0 Å². The molecular formula is C16H15F3N2O3. The lowest BCUT2D eigenvalue weighted by Gasteiger charge is -2.17. The lowest BCUT2D eigenvalue weighted by atomic mass is 10.2. The number of benzene rings is 1. The lowest BCUT2D eigenvalue weighted by Crippen LogP contribution is -2.32. The fourth-order valence-electron chi connectivity index (χ4n) is 2.09. The average Bonchev–Trinajstić information content (AvgIpc) is 2.54. The van der Waals surface area contributed by atoms with Crippen molar-refractivity contribution in [2.75, 3.05) is 14.2 Å². The van der Waals surface area contributed by atoms with Gasteiger partial charge in [-0.1, -0.05) is 12.1 Å². The van der Waals surface area contributed by atoms with Gasteiger partial charge in [0.2, 0.25) is 0 Å². The Bertz CT molecular complexity index is 782. The van der Waals surface area contributed by atoms with Crippen molar-refractivity contribution >= 4 is 5.91 Å². The van der Waals surface area contributed by atoms with E-state index in [9.17, 15) is 22.8 Å². The number of ether oxygens (including phenoxy) is 1. The van der Waals surface area contributed by atoms with E-state index in [1.807, 2.05) is 0 Å². The Hall–Kier alpha value is -2.77. The first-order chi connectivity index (χ1) is 11.2. The molecule has 0 saturated carbocycles. The summed E-state index contributed by atoms with van der Waals surface area (Å²) in [5.74, 6) is -0.00675. The van der Waals surface area contributed by atoms with E-state index in [0.717, 1.165) is 11.6 Å². The Morgan fingerprint density at radius 2 is 1.79 bits per heavy atom. The van der Waals surface area contributed by atoms with Gasteiger partial charge in [-0.05, 0) is 29.8 Å². The largest absolute Gasteiger partial charge is 0.497 e. The summed E-state index contributed by atoms with van der Waals surface area (Å²) >= 11 is 0. The summed E-state index contributed by atoms with van der Waals surface area (Å²) in [6.07, 6.45) is -4.67. The Labute approximate surface area is 135 Å². The van der Waals surface area contributed by atoms with Crippen molar-refractivity contribution in [3.8, 4) is 5.75 Å². The van der Waals surface area contributed by atoms with E-state index in [-0.39, 0.29) is 12.1 Å². The number of rotatable bonds is 4. The highest BCUT2D eigenvalue weighted by molar-refractivity contribution is 5.93. The zero-order valence-corrected chi connectivity index (χ0v) is 13.0. The van der Waals surface area contributed by atoms with Crippen LogP contribution in [0.15, 0.2) is 41.2 Å². The average molecular weight is 340 g/mol. The third-order valence-corrected chi connectivity index (χ3v) is 3.37. The van der Waals surface area contributed by atoms with Crippen molar-refractivity contribution in [3.05, 3.63) is 63.6 Å². The first-order valence-electron chi connectivity index (χ1n) is 6.91. The van der Waals surface area contributed by atoms with Gasteiger partial charge in [0, 0.05) is 13.6 Å². The molecule has 0 spiro atoms. The summed E-state index contributed by atoms with van der Waals surface area (Å²) < 4.78 is 42.6. The van der Waals surface area contributed by atoms with Crippen LogP contribution in [0.5, 0.6) is 5.75 Å². The van der Waals surface area contributed by atoms with Crippen LogP contribution in [-0.2, 0) is 12.7 Å². The molecule has 0 fully saturated rings. The van der Waals surface area contributed by atoms with Crippen LogP contribution in [0.2, 0.25) is 0 Å². The molecule has 0 aliphatic heterocycles. The minimum Gasteiger partial charge on any atom is -0.497 e. The smallest absolute Gasteiger partial charge is 0.431 e. The number of aromatic amines is 1. The molecule has 1 aromatic heterocycles. The molecule has 8 heteroatoms. The number of pyridine rings is 1. The second-order valence-corrected chi connectivity index (χ2v) is 5.12. The number of carbonyl (C=O) groups is 1. The molecule has 2 rings (SSSR count). The predicted octanol–water partition coefficient (Wildman–Crippen LogP) is 2.67. The van der Waals surface area contributed by atoms with Crippen LogP contribution in [0, 0.1) is 0 Å². The topological polar surface area (TPSA) is 62.4 Å². The van der Waals surface area contributed by atoms with E-state index in [2.05, 4.69) is 0 Å². The van der Waals surface area contributed by atoms with Crippen LogP contribution in [-0.4, -0.2) is 29.9 Å². The fraction of sp³-hybridized carbons (Fsp3) is 0.250. The second-order valence-electron chi connectivity index (χ2n) is 5.12. The maximum absolute atomic E-state index is 12.5. The van der Waals surface area contributed by atoms with Crippen LogP contribution in [0.3, 0.4) is 0 Å². The van der Waals surface area contributed by atoms with Crippen molar-refractivity contribution in [1.29, 1.82) is 0 Å². The quantitative estimate of drug-likeness (QED) is 0.931. The third-order valence-electron chi connectivity index (χ3n) is 3.37. The van der Waals surface area contributed by atoms with E-state index in [4.69, 9.17) is 4.74 Å². The molecular weight excluding hydrogens is 325 g/mol. The Balaban J connectivity index is 2.16. The van der Waals surface area contributed by atoms with Gasteiger partial charge in [0.25, 0.3) is 11.5 Å². The summed E-state index contributed by atoms with van der Waals surface area (Å²) in [5.41, 5.74) is -1.83. The number of H-pyrrole nitrogens is 1. The highest BCUT2D eigenvalue weighted by atomic mass is 19.4. The minimum absolute atomic E-state index is 0.198. The molecule has 0 aliphatic rings. The summed E-state index contributed by atoms with van der Waals surface area (Å²) in [6.45, 7) is 0.198. The van der Waals surface area contributed by atoms with Crippen molar-refractivity contribution < 1.29 is 22.7 Å². The van der Waals surface area contributed by atoms with Gasteiger partial charge in [-0.3, -0.25) is 9.59 Å². The first kappa shape index (κ1) is 17.6. The molecule has 0 atom stereocenters. The zero-order valence-electron chi connectivity index (χ0n) is 13.0. The van der Waals surface area contributed by atoms with Gasteiger partial charge in [0.15, 0.2) is 0 Å². The standard InChI is InChI=1S/C16H15F3N2O3/c1-21(9-10-3-5-11(24-2)6-4-10)15(23)12-7-8-13(16(17,18)19)20-14(12)22/h3-8H,9H2,1-2H3,(H,20,22). The monoisotopic (exact) mass is 340 g/mol. The molecule has 0 unspecified atom stereocenters. The molecule has 1 aromatic carbocycles. The maximum Gasteiger partial charge on any atom is 0.431 e. The maximum atomic E-state index is 12.5. The van der Waals surface area contributed by atoms with E-state index >= 15 is 0 Å². The van der Waals surface area contributed by atoms with Crippen LogP contribution in [0.1, 0.15) is 21.6 Å². The summed E-state index contributed by atoms with van der Waals surface area (Å²) in [5, 5.41) is 0. The van der Waals surface area contributed by atoms with Crippen LogP contribution in [0.25, 0.3) is 0 Å². The molecule has 1 N–H and O–H groups in total. The highest BCUT2D eigenvalue weighted by Crippen LogP contribution is 2.26. The van der Waals surface area contributed by atoms with Crippen molar-refractivity contribution in [1.82, 2.24) is 9.88 Å². The zero-order chi connectivity index (χ0) is 17.9. The minimum atomic E-state index is -4.67. The number of hydrogen-bond donors (Lipinski definition) is 1. The SMILES string of the molecule is COc1ccc(CN(C)C(=O)c2ccc(C(F)(F)F)[nH]c2=O)cc1. The Morgan fingerprint density at radius 3 is 2.29 bits per heavy atom. The van der Waals surface area contributed by atoms with Crippen LogP contribution < -0.4 is 10.3 Å². The number of nitrogens with zero attached hydrogens (tertiary/aromatic N) is 1. The first-order valence-corrected chi connectivity index (χ1v) is 6.91. The number of alkyl halides is 3. The molecule has 2 aromatic rings. The molecule has 0 saturated heterocycles. The number of methoxy groups -OCH3 is 1. The van der Waals surface area contributed by atoms with Crippen LogP contribution in [0.4, 0.5) is 13.2 Å². The molecule has 5 nitrogen and oxygen atoms in total. The summed E-state index contributed by atoms with van der Waals surface area (Å²) in [4.78, 5) is 26.9. The number of amides is 1. The van der Waals surface area contributed by atoms with E-state index < -0.39 is 23.3 Å². The van der Waals surface area contributed by atoms with Crippen molar-refractivity contribution in [3.63, 3.8) is 0 Å². The molecule has 0 aliphatic carbocycles. The van der Waals surface area contributed by atoms with Gasteiger partial charge >= 0.3 is 6.18 Å². The molecule has 1 amide bonds. The molecule has 24 heavy (non-hydrogen) atoms. The Morgan fingerprint density at radius 1 is 1.17 bits per heavy atom. The number of carbonyl (C=O) groups excluding carboxylic acids is 1. The third kappa shape index (κ3) is 3.95. The van der Waals surface area contributed by atoms with Crippen molar-refractivity contribution in [2.45, 2.75) is 12.7 Å². The summed E-state index contributed by atoms with van der Waals surface area (Å²) in [7, 11) is 2.99. The molecule has 0 radical (unpaired) electrons. The molecule has 1 heterocycles. The number of halogens is 3. The normalized spacial score (nSPS) is 11.2. The second kappa shape index (κ2) is 6.77. The number of hydrogen-bond acceptors (Lipinski definition) is 3. The fourth-order valence-corrected chi connectivity index (χ4v) is 2.09. The van der Waals surface area contributed by atoms with Crippen molar-refractivity contribution in [2.24, 2.45) is 0 Å². The van der Waals surface area contributed by atoms with E-state index in [0.29, 0.717) is 11.8 Å². The molecule has 128 valence electrons. The summed E-state index contributed by atoms with van der Waals surface area (Å²) in [6, 6.07) is 8.50. The number of aromatic nitrogens is 1. The van der Waals surface area contributed by atoms with Crippen LogP contribution >= 0.6 is 0 Å². The predicted molar refractivity (Wildman–Crippen MR) is 80.9 cm³/mol. The van der Waals surface area contributed by atoms with Gasteiger partial charge in [-0.15, -0.1) is 0 Å². The van der Waals surface area contributed by atoms with Gasteiger partial charge in [-0.2, -0.15) is 13.2 Å². The Kier molecular flexibility index (Phi) is 4.96. The highest BCUT2D eigenvalue weighted by Gasteiger charge is 2.32. The lowest BCUT2D eigenvalue weighted by molar-refractivity contribution is -0.141. The number of nitrogens with one attached hydrogen (secondary N) is 1.